The summed E-state index contributed by atoms with van der Waals surface area (Å²) in [4.78, 5) is 1.44. The second-order valence-corrected chi connectivity index (χ2v) is 6.09. The molecular formula is C12H18ClNS. The number of thiophene rings is 1. The summed E-state index contributed by atoms with van der Waals surface area (Å²) in [6, 6.07) is 4.18. The predicted molar refractivity (Wildman–Crippen MR) is 67.9 cm³/mol. The Morgan fingerprint density at radius 3 is 3.07 bits per heavy atom. The number of nitrogens with one attached hydrogen (secondary N) is 1. The molecule has 84 valence electrons. The van der Waals surface area contributed by atoms with Gasteiger partial charge in [0.25, 0.3) is 0 Å². The van der Waals surface area contributed by atoms with E-state index < -0.39 is 0 Å². The van der Waals surface area contributed by atoms with Gasteiger partial charge in [0.2, 0.25) is 0 Å². The van der Waals surface area contributed by atoms with Gasteiger partial charge in [0, 0.05) is 4.88 Å². The van der Waals surface area contributed by atoms with Crippen LogP contribution in [0.25, 0.3) is 0 Å². The molecule has 3 heteroatoms. The predicted octanol–water partition coefficient (Wildman–Crippen LogP) is 3.72. The van der Waals surface area contributed by atoms with Crippen LogP contribution in [0.2, 0.25) is 4.34 Å². The molecule has 0 amide bonds. The third kappa shape index (κ3) is 3.78. The molecule has 0 saturated carbocycles. The molecule has 1 aliphatic rings. The summed E-state index contributed by atoms with van der Waals surface area (Å²) in [6.07, 6.45) is 6.63. The van der Waals surface area contributed by atoms with Gasteiger partial charge in [-0.2, -0.15) is 0 Å². The third-order valence-electron chi connectivity index (χ3n) is 3.12. The fraction of sp³-hybridized carbons (Fsp3) is 0.667. The molecule has 1 aromatic rings. The van der Waals surface area contributed by atoms with Crippen LogP contribution in [0, 0.1) is 5.92 Å². The van der Waals surface area contributed by atoms with E-state index in [2.05, 4.69) is 11.4 Å². The van der Waals surface area contributed by atoms with Crippen LogP contribution < -0.4 is 5.32 Å². The highest BCUT2D eigenvalue weighted by Crippen LogP contribution is 2.25. The normalized spacial score (nSPS) is 22.6. The van der Waals surface area contributed by atoms with Crippen molar-refractivity contribution in [1.82, 2.24) is 5.32 Å². The van der Waals surface area contributed by atoms with Gasteiger partial charge in [-0.25, -0.2) is 0 Å². The lowest BCUT2D eigenvalue weighted by atomic mass is 9.95. The maximum Gasteiger partial charge on any atom is 0.0931 e. The lowest BCUT2D eigenvalue weighted by Gasteiger charge is -2.12. The maximum atomic E-state index is 5.92. The molecule has 1 aliphatic heterocycles. The van der Waals surface area contributed by atoms with Crippen molar-refractivity contribution >= 4 is 22.9 Å². The van der Waals surface area contributed by atoms with E-state index in [1.807, 2.05) is 6.07 Å². The first-order chi connectivity index (χ1) is 7.34. The zero-order chi connectivity index (χ0) is 10.5. The molecule has 2 heterocycles. The van der Waals surface area contributed by atoms with Crippen LogP contribution in [0.4, 0.5) is 0 Å². The van der Waals surface area contributed by atoms with E-state index in [4.69, 9.17) is 11.6 Å². The van der Waals surface area contributed by atoms with E-state index >= 15 is 0 Å². The molecule has 0 radical (unpaired) electrons. The molecular weight excluding hydrogens is 226 g/mol. The molecule has 0 bridgehead atoms. The van der Waals surface area contributed by atoms with E-state index in [0.29, 0.717) is 0 Å². The lowest BCUT2D eigenvalue weighted by Crippen LogP contribution is -2.14. The fourth-order valence-electron chi connectivity index (χ4n) is 2.21. The van der Waals surface area contributed by atoms with Gasteiger partial charge in [-0.05, 0) is 63.2 Å². The molecule has 1 saturated heterocycles. The monoisotopic (exact) mass is 243 g/mol. The number of rotatable bonds is 3. The van der Waals surface area contributed by atoms with Crippen LogP contribution in [0.3, 0.4) is 0 Å². The quantitative estimate of drug-likeness (QED) is 0.853. The number of halogens is 1. The minimum Gasteiger partial charge on any atom is -0.317 e. The first-order valence-corrected chi connectivity index (χ1v) is 6.99. The highest BCUT2D eigenvalue weighted by Gasteiger charge is 2.12. The Labute approximate surface area is 101 Å². The summed E-state index contributed by atoms with van der Waals surface area (Å²) in [5, 5.41) is 3.46. The summed E-state index contributed by atoms with van der Waals surface area (Å²) < 4.78 is 0.924. The number of aryl methyl sites for hydroxylation is 1. The van der Waals surface area contributed by atoms with Gasteiger partial charge in [0.1, 0.15) is 0 Å². The zero-order valence-electron chi connectivity index (χ0n) is 8.97. The van der Waals surface area contributed by atoms with Crippen molar-refractivity contribution in [3.8, 4) is 0 Å². The molecule has 1 nitrogen and oxygen atoms in total. The summed E-state index contributed by atoms with van der Waals surface area (Å²) in [5.74, 6) is 0.917. The van der Waals surface area contributed by atoms with Crippen molar-refractivity contribution < 1.29 is 0 Å². The van der Waals surface area contributed by atoms with Crippen molar-refractivity contribution in [2.45, 2.75) is 32.1 Å². The minimum atomic E-state index is 0.917. The van der Waals surface area contributed by atoms with Crippen molar-refractivity contribution in [3.05, 3.63) is 21.3 Å². The van der Waals surface area contributed by atoms with Crippen LogP contribution in [0.1, 0.15) is 30.6 Å². The van der Waals surface area contributed by atoms with E-state index in [1.54, 1.807) is 11.3 Å². The van der Waals surface area contributed by atoms with Gasteiger partial charge in [-0.3, -0.25) is 0 Å². The van der Waals surface area contributed by atoms with Crippen molar-refractivity contribution in [2.75, 3.05) is 13.1 Å². The zero-order valence-corrected chi connectivity index (χ0v) is 10.5. The SMILES string of the molecule is Clc1ccc(CCC2CCCNCC2)s1. The summed E-state index contributed by atoms with van der Waals surface area (Å²) >= 11 is 7.65. The Hall–Kier alpha value is -0.0500. The van der Waals surface area contributed by atoms with Gasteiger partial charge in [-0.1, -0.05) is 11.6 Å². The average molecular weight is 244 g/mol. The van der Waals surface area contributed by atoms with E-state index in [1.165, 1.54) is 50.1 Å². The third-order valence-corrected chi connectivity index (χ3v) is 4.41. The van der Waals surface area contributed by atoms with Crippen molar-refractivity contribution in [2.24, 2.45) is 5.92 Å². The summed E-state index contributed by atoms with van der Waals surface area (Å²) in [6.45, 7) is 2.41. The summed E-state index contributed by atoms with van der Waals surface area (Å²) in [7, 11) is 0. The average Bonchev–Trinajstić information content (AvgIpc) is 2.52. The number of hydrogen-bond donors (Lipinski definition) is 1. The molecule has 1 aromatic heterocycles. The Morgan fingerprint density at radius 2 is 2.27 bits per heavy atom. The smallest absolute Gasteiger partial charge is 0.0931 e. The van der Waals surface area contributed by atoms with Crippen LogP contribution in [0.15, 0.2) is 12.1 Å². The van der Waals surface area contributed by atoms with Crippen molar-refractivity contribution in [1.29, 1.82) is 0 Å². The second-order valence-electron chi connectivity index (χ2n) is 4.29. The molecule has 0 spiro atoms. The Balaban J connectivity index is 1.76. The van der Waals surface area contributed by atoms with Crippen LogP contribution in [-0.2, 0) is 6.42 Å². The maximum absolute atomic E-state index is 5.92. The topological polar surface area (TPSA) is 12.0 Å². The van der Waals surface area contributed by atoms with E-state index in [9.17, 15) is 0 Å². The Kier molecular flexibility index (Phi) is 4.48. The molecule has 1 unspecified atom stereocenters. The standard InChI is InChI=1S/C12H18ClNS/c13-12-6-5-11(15-12)4-3-10-2-1-8-14-9-7-10/h5-6,10,14H,1-4,7-9H2. The van der Waals surface area contributed by atoms with Crippen molar-refractivity contribution in [3.63, 3.8) is 0 Å². The van der Waals surface area contributed by atoms with Crippen LogP contribution >= 0.6 is 22.9 Å². The highest BCUT2D eigenvalue weighted by molar-refractivity contribution is 7.16. The first-order valence-electron chi connectivity index (χ1n) is 5.79. The van der Waals surface area contributed by atoms with E-state index in [0.717, 1.165) is 10.3 Å². The minimum absolute atomic E-state index is 0.917. The second kappa shape index (κ2) is 5.88. The first kappa shape index (κ1) is 11.4. The molecule has 0 aromatic carbocycles. The largest absolute Gasteiger partial charge is 0.317 e. The van der Waals surface area contributed by atoms with Gasteiger partial charge in [-0.15, -0.1) is 11.3 Å². The molecule has 1 fully saturated rings. The van der Waals surface area contributed by atoms with Gasteiger partial charge < -0.3 is 5.32 Å². The fourth-order valence-corrected chi connectivity index (χ4v) is 3.32. The van der Waals surface area contributed by atoms with Gasteiger partial charge >= 0.3 is 0 Å². The summed E-state index contributed by atoms with van der Waals surface area (Å²) in [5.41, 5.74) is 0. The van der Waals surface area contributed by atoms with E-state index in [-0.39, 0.29) is 0 Å². The van der Waals surface area contributed by atoms with Crippen LogP contribution in [0.5, 0.6) is 0 Å². The van der Waals surface area contributed by atoms with Gasteiger partial charge in [0.15, 0.2) is 0 Å². The molecule has 1 atom stereocenters. The lowest BCUT2D eigenvalue weighted by molar-refractivity contribution is 0.440. The molecule has 2 rings (SSSR count). The molecule has 15 heavy (non-hydrogen) atoms. The highest BCUT2D eigenvalue weighted by atomic mass is 35.5. The van der Waals surface area contributed by atoms with Crippen LogP contribution in [-0.4, -0.2) is 13.1 Å². The Morgan fingerprint density at radius 1 is 1.33 bits per heavy atom. The van der Waals surface area contributed by atoms with Gasteiger partial charge in [0.05, 0.1) is 4.34 Å². The molecule has 0 aliphatic carbocycles. The number of hydrogen-bond acceptors (Lipinski definition) is 2. The Bertz CT molecular complexity index is 290. The molecule has 1 N–H and O–H groups in total.